The van der Waals surface area contributed by atoms with Crippen LogP contribution in [-0.4, -0.2) is 9.97 Å². The van der Waals surface area contributed by atoms with Crippen LogP contribution in [0.15, 0.2) is 138 Å². The molecule has 6 aromatic carbocycles. The normalized spacial score (nSPS) is 11.9. The lowest BCUT2D eigenvalue weighted by Gasteiger charge is -2.24. The van der Waals surface area contributed by atoms with Gasteiger partial charge in [0.05, 0.1) is 11.0 Å². The average molecular weight is 523 g/mol. The summed E-state index contributed by atoms with van der Waals surface area (Å²) in [6.07, 6.45) is 3.55. The zero-order valence-corrected chi connectivity index (χ0v) is 22.0. The Kier molecular flexibility index (Phi) is 4.61. The second kappa shape index (κ2) is 8.48. The summed E-state index contributed by atoms with van der Waals surface area (Å²) in [5.74, 6) is 0. The van der Waals surface area contributed by atoms with Crippen molar-refractivity contribution in [2.75, 3.05) is 0 Å². The van der Waals surface area contributed by atoms with Crippen LogP contribution in [0.3, 0.4) is 0 Å². The summed E-state index contributed by atoms with van der Waals surface area (Å²) in [5, 5.41) is 2.28. The first-order valence-corrected chi connectivity index (χ1v) is 13.8. The van der Waals surface area contributed by atoms with Crippen LogP contribution < -0.4 is 0 Å². The molecule has 0 unspecified atom stereocenters. The van der Waals surface area contributed by atoms with Gasteiger partial charge in [0.1, 0.15) is 11.2 Å². The smallest absolute Gasteiger partial charge is 0.143 e. The molecule has 0 amide bonds. The van der Waals surface area contributed by atoms with Crippen molar-refractivity contribution in [2.45, 2.75) is 0 Å². The second-order valence-corrected chi connectivity index (χ2v) is 10.5. The first kappa shape index (κ1) is 22.3. The fourth-order valence-corrected chi connectivity index (χ4v) is 6.57. The van der Waals surface area contributed by atoms with Crippen LogP contribution in [0, 0.1) is 0 Å². The monoisotopic (exact) mass is 522 g/mol. The summed E-state index contributed by atoms with van der Waals surface area (Å²) in [4.78, 5) is 9.45. The molecule has 2 heterocycles. The van der Waals surface area contributed by atoms with E-state index in [1.54, 1.807) is 12.4 Å². The Labute approximate surface area is 236 Å². The molecule has 0 fully saturated rings. The van der Waals surface area contributed by atoms with E-state index in [-0.39, 0.29) is 0 Å². The Balaban J connectivity index is 1.37. The van der Waals surface area contributed by atoms with E-state index in [2.05, 4.69) is 114 Å². The summed E-state index contributed by atoms with van der Waals surface area (Å²) in [7, 11) is 0. The van der Waals surface area contributed by atoms with E-state index in [0.717, 1.165) is 60.8 Å². The fourth-order valence-electron chi connectivity index (χ4n) is 6.57. The van der Waals surface area contributed by atoms with Crippen LogP contribution in [0.4, 0.5) is 0 Å². The van der Waals surface area contributed by atoms with Gasteiger partial charge < -0.3 is 4.42 Å². The van der Waals surface area contributed by atoms with Crippen molar-refractivity contribution in [1.82, 2.24) is 9.97 Å². The molecule has 41 heavy (non-hydrogen) atoms. The highest BCUT2D eigenvalue weighted by Crippen LogP contribution is 2.50. The van der Waals surface area contributed by atoms with Crippen molar-refractivity contribution in [3.05, 3.63) is 134 Å². The highest BCUT2D eigenvalue weighted by atomic mass is 16.3. The molecule has 9 rings (SSSR count). The molecule has 0 N–H and O–H groups in total. The third-order valence-corrected chi connectivity index (χ3v) is 8.37. The number of hydrogen-bond donors (Lipinski definition) is 0. The highest BCUT2D eigenvalue weighted by molar-refractivity contribution is 6.12. The minimum Gasteiger partial charge on any atom is -0.455 e. The zero-order valence-electron chi connectivity index (χ0n) is 22.0. The maximum Gasteiger partial charge on any atom is 0.143 e. The molecule has 2 aromatic heterocycles. The number of fused-ring (bicyclic) bond motifs is 13. The molecule has 0 aliphatic heterocycles. The van der Waals surface area contributed by atoms with Gasteiger partial charge in [0.25, 0.3) is 0 Å². The first-order chi connectivity index (χ1) is 20.3. The molecule has 0 radical (unpaired) electrons. The second-order valence-electron chi connectivity index (χ2n) is 10.5. The number of benzene rings is 6. The van der Waals surface area contributed by atoms with E-state index in [9.17, 15) is 0 Å². The van der Waals surface area contributed by atoms with Gasteiger partial charge in [-0.2, -0.15) is 0 Å². The van der Waals surface area contributed by atoms with Gasteiger partial charge in [-0.05, 0) is 62.7 Å². The zero-order chi connectivity index (χ0) is 26.9. The van der Waals surface area contributed by atoms with Gasteiger partial charge in [-0.25, -0.2) is 0 Å². The summed E-state index contributed by atoms with van der Waals surface area (Å²) < 4.78 is 6.43. The molecule has 0 bridgehead atoms. The van der Waals surface area contributed by atoms with Gasteiger partial charge in [0, 0.05) is 34.3 Å². The molecule has 8 aromatic rings. The van der Waals surface area contributed by atoms with E-state index in [4.69, 9.17) is 9.40 Å². The fraction of sp³-hybridized carbons (Fsp3) is 0. The van der Waals surface area contributed by atoms with Crippen LogP contribution in [0.2, 0.25) is 0 Å². The highest BCUT2D eigenvalue weighted by Gasteiger charge is 2.24. The van der Waals surface area contributed by atoms with E-state index < -0.39 is 0 Å². The quantitative estimate of drug-likeness (QED) is 0.215. The van der Waals surface area contributed by atoms with E-state index in [0.29, 0.717) is 0 Å². The topological polar surface area (TPSA) is 38.9 Å². The van der Waals surface area contributed by atoms with Gasteiger partial charge in [0.15, 0.2) is 0 Å². The minimum absolute atomic E-state index is 0.897. The predicted molar refractivity (Wildman–Crippen MR) is 168 cm³/mol. The molecule has 1 aliphatic rings. The predicted octanol–water partition coefficient (Wildman–Crippen LogP) is 10.2. The molecule has 0 spiro atoms. The summed E-state index contributed by atoms with van der Waals surface area (Å²) >= 11 is 0. The van der Waals surface area contributed by atoms with Crippen molar-refractivity contribution < 1.29 is 4.42 Å². The molecule has 0 saturated carbocycles. The van der Waals surface area contributed by atoms with Crippen LogP contribution in [0.5, 0.6) is 0 Å². The number of para-hydroxylation sites is 2. The van der Waals surface area contributed by atoms with Gasteiger partial charge in [-0.1, -0.05) is 103 Å². The molecule has 0 atom stereocenters. The Bertz CT molecular complexity index is 2320. The van der Waals surface area contributed by atoms with Gasteiger partial charge in [-0.15, -0.1) is 0 Å². The van der Waals surface area contributed by atoms with Crippen LogP contribution in [-0.2, 0) is 0 Å². The maximum absolute atomic E-state index is 6.43. The number of rotatable bonds is 1. The minimum atomic E-state index is 0.897. The van der Waals surface area contributed by atoms with Crippen molar-refractivity contribution in [3.63, 3.8) is 0 Å². The first-order valence-electron chi connectivity index (χ1n) is 13.8. The summed E-state index contributed by atoms with van der Waals surface area (Å²) in [6, 6.07) is 43.2. The molecular formula is C38H22N2O. The summed E-state index contributed by atoms with van der Waals surface area (Å²) in [6.45, 7) is 0. The Morgan fingerprint density at radius 2 is 1.07 bits per heavy atom. The van der Waals surface area contributed by atoms with Crippen molar-refractivity contribution >= 4 is 33.0 Å². The number of nitrogens with zero attached hydrogens (tertiary/aromatic N) is 2. The van der Waals surface area contributed by atoms with Crippen molar-refractivity contribution in [1.29, 1.82) is 0 Å². The average Bonchev–Trinajstić information content (AvgIpc) is 3.42. The Morgan fingerprint density at radius 3 is 1.95 bits per heavy atom. The number of hydrogen-bond acceptors (Lipinski definition) is 3. The third-order valence-electron chi connectivity index (χ3n) is 8.37. The van der Waals surface area contributed by atoms with E-state index in [1.807, 2.05) is 12.1 Å². The number of aromatic nitrogens is 2. The molecule has 190 valence electrons. The van der Waals surface area contributed by atoms with Gasteiger partial charge >= 0.3 is 0 Å². The SMILES string of the molecule is c1ccc2c(c1)-c1cc(-c3cccc4c3oc3ccccc34)ccc1-c1ccccc1-c1c-2ccc2nccnc12. The summed E-state index contributed by atoms with van der Waals surface area (Å²) in [5.41, 5.74) is 15.3. The number of furan rings is 1. The van der Waals surface area contributed by atoms with Gasteiger partial charge in [-0.3, -0.25) is 9.97 Å². The van der Waals surface area contributed by atoms with Crippen LogP contribution in [0.1, 0.15) is 0 Å². The lowest BCUT2D eigenvalue weighted by atomic mass is 9.79. The molecule has 3 heteroatoms. The molecule has 3 nitrogen and oxygen atoms in total. The van der Waals surface area contributed by atoms with E-state index >= 15 is 0 Å². The van der Waals surface area contributed by atoms with Crippen LogP contribution in [0.25, 0.3) is 88.6 Å². The third kappa shape index (κ3) is 3.20. The maximum atomic E-state index is 6.43. The van der Waals surface area contributed by atoms with Crippen LogP contribution >= 0.6 is 0 Å². The van der Waals surface area contributed by atoms with Crippen molar-refractivity contribution in [3.8, 4) is 55.6 Å². The molecule has 1 aliphatic carbocycles. The van der Waals surface area contributed by atoms with Crippen molar-refractivity contribution in [2.24, 2.45) is 0 Å². The van der Waals surface area contributed by atoms with E-state index in [1.165, 1.54) is 27.8 Å². The molecule has 0 saturated heterocycles. The standard InChI is InChI=1S/C38H22N2O/c1-2-10-27-25(8-1)31-18-19-34-37(40-21-20-39-34)36(31)30-12-4-3-9-26(30)28-17-16-23(22-33(27)28)24-13-7-14-32-29-11-5-6-15-35(29)41-38(24)32/h1-22H. The lowest BCUT2D eigenvalue weighted by Crippen LogP contribution is -1.99. The Morgan fingerprint density at radius 1 is 0.439 bits per heavy atom. The Hall–Kier alpha value is -5.54. The largest absolute Gasteiger partial charge is 0.455 e. The molecular weight excluding hydrogens is 500 g/mol. The lowest BCUT2D eigenvalue weighted by molar-refractivity contribution is 0.670. The van der Waals surface area contributed by atoms with Gasteiger partial charge in [0.2, 0.25) is 0 Å².